The van der Waals surface area contributed by atoms with Crippen molar-refractivity contribution in [3.63, 3.8) is 0 Å². The second-order valence-corrected chi connectivity index (χ2v) is 4.03. The third-order valence-electron chi connectivity index (χ3n) is 2.70. The maximum atomic E-state index is 11.9. The lowest BCUT2D eigenvalue weighted by Gasteiger charge is -2.27. The molecule has 0 fully saturated rings. The maximum absolute atomic E-state index is 11.9. The van der Waals surface area contributed by atoms with Crippen LogP contribution >= 0.6 is 0 Å². The summed E-state index contributed by atoms with van der Waals surface area (Å²) < 4.78 is 0. The Hall–Kier alpha value is -1.05. The Morgan fingerprint density at radius 3 is 2.50 bits per heavy atom. The summed E-state index contributed by atoms with van der Waals surface area (Å²) in [6.45, 7) is 9.18. The number of nitrogens with zero attached hydrogens (tertiary/aromatic N) is 1. The van der Waals surface area contributed by atoms with Crippen LogP contribution in [0.5, 0.6) is 0 Å². The van der Waals surface area contributed by atoms with Crippen molar-refractivity contribution in [1.29, 1.82) is 0 Å². The van der Waals surface area contributed by atoms with E-state index < -0.39 is 0 Å². The van der Waals surface area contributed by atoms with Gasteiger partial charge in [0.25, 0.3) is 0 Å². The highest BCUT2D eigenvalue weighted by atomic mass is 16.2. The number of hydrogen-bond acceptors (Lipinski definition) is 1. The molecule has 0 aromatic carbocycles. The SMILES string of the molecule is CC=C/C=C/C(=O)N(CCCC)C(C)CC. The standard InChI is InChI=1S/C14H25NO/c1-5-8-10-11-14(16)15(12-9-6-2)13(4)7-3/h5,8,10-11,13H,6-7,9,12H2,1-4H3/b8-5?,11-10+. The molecule has 2 heteroatoms. The molecule has 0 radical (unpaired) electrons. The van der Waals surface area contributed by atoms with Gasteiger partial charge in [-0.1, -0.05) is 38.5 Å². The Kier molecular flexibility index (Phi) is 8.59. The second kappa shape index (κ2) is 9.20. The summed E-state index contributed by atoms with van der Waals surface area (Å²) in [6.07, 6.45) is 10.5. The third kappa shape index (κ3) is 5.74. The summed E-state index contributed by atoms with van der Waals surface area (Å²) >= 11 is 0. The van der Waals surface area contributed by atoms with Crippen molar-refractivity contribution in [2.75, 3.05) is 6.54 Å². The van der Waals surface area contributed by atoms with Crippen LogP contribution in [-0.4, -0.2) is 23.4 Å². The predicted molar refractivity (Wildman–Crippen MR) is 70.3 cm³/mol. The lowest BCUT2D eigenvalue weighted by Crippen LogP contribution is -2.37. The van der Waals surface area contributed by atoms with Gasteiger partial charge in [-0.2, -0.15) is 0 Å². The van der Waals surface area contributed by atoms with Gasteiger partial charge in [-0.05, 0) is 26.7 Å². The Morgan fingerprint density at radius 2 is 2.00 bits per heavy atom. The van der Waals surface area contributed by atoms with Crippen LogP contribution in [0.4, 0.5) is 0 Å². The average Bonchev–Trinajstić information content (AvgIpc) is 2.29. The van der Waals surface area contributed by atoms with Crippen LogP contribution in [0.15, 0.2) is 24.3 Å². The second-order valence-electron chi connectivity index (χ2n) is 4.03. The molecule has 0 N–H and O–H groups in total. The molecule has 2 nitrogen and oxygen atoms in total. The van der Waals surface area contributed by atoms with Gasteiger partial charge in [-0.15, -0.1) is 0 Å². The molecule has 0 bridgehead atoms. The zero-order valence-electron chi connectivity index (χ0n) is 11.1. The Bertz CT molecular complexity index is 243. The fourth-order valence-electron chi connectivity index (χ4n) is 1.44. The van der Waals surface area contributed by atoms with E-state index in [2.05, 4.69) is 20.8 Å². The van der Waals surface area contributed by atoms with Crippen molar-refractivity contribution < 1.29 is 4.79 Å². The predicted octanol–water partition coefficient (Wildman–Crippen LogP) is 3.55. The van der Waals surface area contributed by atoms with E-state index in [1.54, 1.807) is 6.08 Å². The Morgan fingerprint density at radius 1 is 1.31 bits per heavy atom. The van der Waals surface area contributed by atoms with Gasteiger partial charge in [0.2, 0.25) is 5.91 Å². The molecule has 16 heavy (non-hydrogen) atoms. The molecule has 0 aromatic heterocycles. The molecule has 1 unspecified atom stereocenters. The molecule has 0 saturated heterocycles. The van der Waals surface area contributed by atoms with E-state index in [4.69, 9.17) is 0 Å². The van der Waals surface area contributed by atoms with Gasteiger partial charge in [0.15, 0.2) is 0 Å². The van der Waals surface area contributed by atoms with Gasteiger partial charge in [0.1, 0.15) is 0 Å². The molecule has 0 saturated carbocycles. The lowest BCUT2D eigenvalue weighted by atomic mass is 10.2. The van der Waals surface area contributed by atoms with E-state index in [0.717, 1.165) is 25.8 Å². The van der Waals surface area contributed by atoms with Crippen LogP contribution in [0.2, 0.25) is 0 Å². The molecule has 0 heterocycles. The number of amides is 1. The molecule has 0 rings (SSSR count). The summed E-state index contributed by atoms with van der Waals surface area (Å²) in [5.74, 6) is 0.126. The average molecular weight is 223 g/mol. The molecule has 0 aliphatic rings. The van der Waals surface area contributed by atoms with Gasteiger partial charge >= 0.3 is 0 Å². The van der Waals surface area contributed by atoms with Crippen LogP contribution in [-0.2, 0) is 4.79 Å². The molecule has 1 atom stereocenters. The summed E-state index contributed by atoms with van der Waals surface area (Å²) in [5, 5.41) is 0. The van der Waals surface area contributed by atoms with E-state index >= 15 is 0 Å². The quantitative estimate of drug-likeness (QED) is 0.477. The van der Waals surface area contributed by atoms with Crippen LogP contribution in [0.1, 0.15) is 47.0 Å². The molecule has 0 spiro atoms. The number of carbonyl (C=O) groups excluding carboxylic acids is 1. The first-order chi connectivity index (χ1) is 7.67. The molecule has 1 amide bonds. The minimum absolute atomic E-state index is 0.126. The van der Waals surface area contributed by atoms with Crippen LogP contribution in [0.25, 0.3) is 0 Å². The minimum atomic E-state index is 0.126. The first kappa shape index (κ1) is 14.9. The van der Waals surface area contributed by atoms with Gasteiger partial charge in [0, 0.05) is 18.7 Å². The van der Waals surface area contributed by atoms with Crippen LogP contribution in [0.3, 0.4) is 0 Å². The van der Waals surface area contributed by atoms with Gasteiger partial charge in [0.05, 0.1) is 0 Å². The number of carbonyl (C=O) groups is 1. The Labute approximate surface area is 100 Å². The number of rotatable bonds is 7. The monoisotopic (exact) mass is 223 g/mol. The topological polar surface area (TPSA) is 20.3 Å². The molecule has 0 aliphatic heterocycles. The van der Waals surface area contributed by atoms with E-state index in [1.165, 1.54) is 0 Å². The molecule has 0 aliphatic carbocycles. The number of unbranched alkanes of at least 4 members (excludes halogenated alkanes) is 1. The van der Waals surface area contributed by atoms with Crippen molar-refractivity contribution in [3.8, 4) is 0 Å². The van der Waals surface area contributed by atoms with Gasteiger partial charge in [-0.25, -0.2) is 0 Å². The van der Waals surface area contributed by atoms with E-state index in [1.807, 2.05) is 30.1 Å². The van der Waals surface area contributed by atoms with Gasteiger partial charge < -0.3 is 4.90 Å². The fraction of sp³-hybridized carbons (Fsp3) is 0.643. The fourth-order valence-corrected chi connectivity index (χ4v) is 1.44. The van der Waals surface area contributed by atoms with Crippen LogP contribution < -0.4 is 0 Å². The van der Waals surface area contributed by atoms with E-state index in [0.29, 0.717) is 6.04 Å². The number of hydrogen-bond donors (Lipinski definition) is 0. The minimum Gasteiger partial charge on any atom is -0.336 e. The smallest absolute Gasteiger partial charge is 0.246 e. The molecule has 0 aromatic rings. The summed E-state index contributed by atoms with van der Waals surface area (Å²) in [7, 11) is 0. The normalized spacial score (nSPS) is 13.5. The van der Waals surface area contributed by atoms with Crippen LogP contribution in [0, 0.1) is 0 Å². The summed E-state index contributed by atoms with van der Waals surface area (Å²) in [4.78, 5) is 13.9. The van der Waals surface area contributed by atoms with Crippen molar-refractivity contribution in [2.45, 2.75) is 53.0 Å². The van der Waals surface area contributed by atoms with E-state index in [9.17, 15) is 4.79 Å². The third-order valence-corrected chi connectivity index (χ3v) is 2.70. The van der Waals surface area contributed by atoms with Crippen molar-refractivity contribution in [2.24, 2.45) is 0 Å². The highest BCUT2D eigenvalue weighted by molar-refractivity contribution is 5.88. The highest BCUT2D eigenvalue weighted by Gasteiger charge is 2.15. The summed E-state index contributed by atoms with van der Waals surface area (Å²) in [6, 6.07) is 0.328. The van der Waals surface area contributed by atoms with Crippen molar-refractivity contribution in [3.05, 3.63) is 24.3 Å². The van der Waals surface area contributed by atoms with Gasteiger partial charge in [-0.3, -0.25) is 4.79 Å². The lowest BCUT2D eigenvalue weighted by molar-refractivity contribution is -0.128. The van der Waals surface area contributed by atoms with E-state index in [-0.39, 0.29) is 5.91 Å². The molecule has 92 valence electrons. The Balaban J connectivity index is 4.42. The first-order valence-corrected chi connectivity index (χ1v) is 6.27. The van der Waals surface area contributed by atoms with Crippen molar-refractivity contribution in [1.82, 2.24) is 4.90 Å². The zero-order chi connectivity index (χ0) is 12.4. The highest BCUT2D eigenvalue weighted by Crippen LogP contribution is 2.07. The largest absolute Gasteiger partial charge is 0.336 e. The van der Waals surface area contributed by atoms with Crippen molar-refractivity contribution >= 4 is 5.91 Å². The maximum Gasteiger partial charge on any atom is 0.246 e. The molecular weight excluding hydrogens is 198 g/mol. The molecular formula is C14H25NO. The zero-order valence-corrected chi connectivity index (χ0v) is 11.1. The summed E-state index contributed by atoms with van der Waals surface area (Å²) in [5.41, 5.74) is 0. The first-order valence-electron chi connectivity index (χ1n) is 6.27. The number of allylic oxidation sites excluding steroid dienone is 3.